The fraction of sp³-hybridized carbons (Fsp3) is 0.684. The van der Waals surface area contributed by atoms with E-state index in [2.05, 4.69) is 57.3 Å². The van der Waals surface area contributed by atoms with Crippen LogP contribution in [0.25, 0.3) is 0 Å². The zero-order chi connectivity index (χ0) is 15.3. The highest BCUT2D eigenvalue weighted by molar-refractivity contribution is 5.27. The molecule has 0 saturated heterocycles. The molecule has 0 aliphatic heterocycles. The van der Waals surface area contributed by atoms with Crippen molar-refractivity contribution in [3.05, 3.63) is 29.8 Å². The van der Waals surface area contributed by atoms with E-state index < -0.39 is 0 Å². The Morgan fingerprint density at radius 2 is 1.86 bits per heavy atom. The second kappa shape index (κ2) is 7.31. The first-order valence-electron chi connectivity index (χ1n) is 8.47. The van der Waals surface area contributed by atoms with Gasteiger partial charge >= 0.3 is 0 Å². The smallest absolute Gasteiger partial charge is 0.119 e. The molecule has 2 nitrogen and oxygen atoms in total. The fourth-order valence-electron chi connectivity index (χ4n) is 2.97. The molecule has 0 bridgehead atoms. The van der Waals surface area contributed by atoms with E-state index in [4.69, 9.17) is 4.74 Å². The van der Waals surface area contributed by atoms with E-state index in [9.17, 15) is 0 Å². The molecule has 1 N–H and O–H groups in total. The number of rotatable bonds is 5. The minimum absolute atomic E-state index is 0.159. The van der Waals surface area contributed by atoms with Crippen molar-refractivity contribution in [1.82, 2.24) is 5.32 Å². The Balaban J connectivity index is 1.84. The lowest BCUT2D eigenvalue weighted by atomic mass is 9.85. The van der Waals surface area contributed by atoms with E-state index in [1.54, 1.807) is 0 Å². The number of hydrogen-bond donors (Lipinski definition) is 1. The highest BCUT2D eigenvalue weighted by Gasteiger charge is 2.21. The summed E-state index contributed by atoms with van der Waals surface area (Å²) in [5.74, 6) is 1.88. The topological polar surface area (TPSA) is 21.3 Å². The summed E-state index contributed by atoms with van der Waals surface area (Å²) in [6.07, 6.45) is 6.84. The van der Waals surface area contributed by atoms with E-state index in [-0.39, 0.29) is 5.54 Å². The van der Waals surface area contributed by atoms with E-state index in [0.717, 1.165) is 18.2 Å². The number of hydrogen-bond acceptors (Lipinski definition) is 2. The maximum Gasteiger partial charge on any atom is 0.119 e. The molecule has 1 aliphatic rings. The molecule has 2 heteroatoms. The van der Waals surface area contributed by atoms with Gasteiger partial charge in [-0.1, -0.05) is 31.9 Å². The SMILES string of the molecule is CCC1CCCC(Oc2ccc(CNC(C)(C)C)cc2)C1. The Bertz CT molecular complexity index is 418. The highest BCUT2D eigenvalue weighted by atomic mass is 16.5. The Morgan fingerprint density at radius 1 is 1.14 bits per heavy atom. The largest absolute Gasteiger partial charge is 0.490 e. The van der Waals surface area contributed by atoms with Crippen molar-refractivity contribution < 1.29 is 4.74 Å². The number of nitrogens with one attached hydrogen (secondary N) is 1. The molecule has 0 radical (unpaired) electrons. The van der Waals surface area contributed by atoms with Gasteiger partial charge in [0.25, 0.3) is 0 Å². The lowest BCUT2D eigenvalue weighted by Crippen LogP contribution is -2.35. The van der Waals surface area contributed by atoms with Crippen molar-refractivity contribution in [2.75, 3.05) is 0 Å². The third-order valence-corrected chi connectivity index (χ3v) is 4.36. The van der Waals surface area contributed by atoms with Gasteiger partial charge in [-0.25, -0.2) is 0 Å². The van der Waals surface area contributed by atoms with Gasteiger partial charge in [0.2, 0.25) is 0 Å². The lowest BCUT2D eigenvalue weighted by molar-refractivity contribution is 0.122. The number of benzene rings is 1. The summed E-state index contributed by atoms with van der Waals surface area (Å²) < 4.78 is 6.17. The van der Waals surface area contributed by atoms with Gasteiger partial charge in [-0.05, 0) is 63.6 Å². The van der Waals surface area contributed by atoms with Gasteiger partial charge in [-0.2, -0.15) is 0 Å². The third kappa shape index (κ3) is 5.70. The summed E-state index contributed by atoms with van der Waals surface area (Å²) in [7, 11) is 0. The molecule has 2 unspecified atom stereocenters. The van der Waals surface area contributed by atoms with Gasteiger partial charge in [0.15, 0.2) is 0 Å². The maximum atomic E-state index is 6.17. The molecule has 0 amide bonds. The molecule has 1 aliphatic carbocycles. The van der Waals surface area contributed by atoms with Crippen molar-refractivity contribution >= 4 is 0 Å². The zero-order valence-electron chi connectivity index (χ0n) is 14.1. The summed E-state index contributed by atoms with van der Waals surface area (Å²) >= 11 is 0. The van der Waals surface area contributed by atoms with Crippen LogP contribution in [0.2, 0.25) is 0 Å². The van der Waals surface area contributed by atoms with Crippen LogP contribution in [0.4, 0.5) is 0 Å². The van der Waals surface area contributed by atoms with Gasteiger partial charge in [0, 0.05) is 12.1 Å². The van der Waals surface area contributed by atoms with Crippen molar-refractivity contribution in [2.45, 2.75) is 78.0 Å². The van der Waals surface area contributed by atoms with Crippen LogP contribution in [0.1, 0.15) is 65.4 Å². The molecule has 1 aromatic rings. The van der Waals surface area contributed by atoms with Gasteiger partial charge in [-0.3, -0.25) is 0 Å². The van der Waals surface area contributed by atoms with Crippen LogP contribution in [-0.4, -0.2) is 11.6 Å². The van der Waals surface area contributed by atoms with Crippen LogP contribution in [0, 0.1) is 5.92 Å². The van der Waals surface area contributed by atoms with Gasteiger partial charge < -0.3 is 10.1 Å². The normalized spacial score (nSPS) is 23.0. The second-order valence-corrected chi connectivity index (χ2v) is 7.43. The molecular formula is C19H31NO. The molecule has 1 fully saturated rings. The highest BCUT2D eigenvalue weighted by Crippen LogP contribution is 2.29. The summed E-state index contributed by atoms with van der Waals surface area (Å²) in [6, 6.07) is 8.59. The van der Waals surface area contributed by atoms with Crippen molar-refractivity contribution in [3.8, 4) is 5.75 Å². The molecule has 21 heavy (non-hydrogen) atoms. The van der Waals surface area contributed by atoms with E-state index in [1.807, 2.05) is 0 Å². The molecule has 1 saturated carbocycles. The lowest BCUT2D eigenvalue weighted by Gasteiger charge is -2.29. The second-order valence-electron chi connectivity index (χ2n) is 7.43. The van der Waals surface area contributed by atoms with Crippen LogP contribution >= 0.6 is 0 Å². The fourth-order valence-corrected chi connectivity index (χ4v) is 2.97. The minimum atomic E-state index is 0.159. The average Bonchev–Trinajstić information content (AvgIpc) is 2.46. The summed E-state index contributed by atoms with van der Waals surface area (Å²) in [6.45, 7) is 9.78. The number of ether oxygens (including phenoxy) is 1. The van der Waals surface area contributed by atoms with Crippen LogP contribution in [0.5, 0.6) is 5.75 Å². The Morgan fingerprint density at radius 3 is 2.48 bits per heavy atom. The quantitative estimate of drug-likeness (QED) is 0.830. The minimum Gasteiger partial charge on any atom is -0.490 e. The van der Waals surface area contributed by atoms with Crippen molar-refractivity contribution in [2.24, 2.45) is 5.92 Å². The molecule has 2 atom stereocenters. The van der Waals surface area contributed by atoms with Crippen LogP contribution in [-0.2, 0) is 6.54 Å². The standard InChI is InChI=1S/C19H31NO/c1-5-15-7-6-8-18(13-15)21-17-11-9-16(10-12-17)14-20-19(2,3)4/h9-12,15,18,20H,5-8,13-14H2,1-4H3. The first-order chi connectivity index (χ1) is 9.96. The predicted octanol–water partition coefficient (Wildman–Crippen LogP) is 4.92. The predicted molar refractivity (Wildman–Crippen MR) is 89.7 cm³/mol. The molecule has 0 aromatic heterocycles. The Kier molecular flexibility index (Phi) is 5.69. The summed E-state index contributed by atoms with van der Waals surface area (Å²) in [5, 5.41) is 3.51. The Hall–Kier alpha value is -1.02. The maximum absolute atomic E-state index is 6.17. The average molecular weight is 289 g/mol. The molecule has 1 aromatic carbocycles. The van der Waals surface area contributed by atoms with Gasteiger partial charge in [-0.15, -0.1) is 0 Å². The van der Waals surface area contributed by atoms with Crippen molar-refractivity contribution in [3.63, 3.8) is 0 Å². The molecule has 0 spiro atoms. The van der Waals surface area contributed by atoms with E-state index in [1.165, 1.54) is 37.7 Å². The van der Waals surface area contributed by atoms with Crippen LogP contribution < -0.4 is 10.1 Å². The molecular weight excluding hydrogens is 258 g/mol. The van der Waals surface area contributed by atoms with Crippen molar-refractivity contribution in [1.29, 1.82) is 0 Å². The zero-order valence-corrected chi connectivity index (χ0v) is 14.1. The first kappa shape index (κ1) is 16.4. The van der Waals surface area contributed by atoms with Crippen LogP contribution in [0.15, 0.2) is 24.3 Å². The Labute approximate surface area is 130 Å². The van der Waals surface area contributed by atoms with Crippen LogP contribution in [0.3, 0.4) is 0 Å². The monoisotopic (exact) mass is 289 g/mol. The summed E-state index contributed by atoms with van der Waals surface area (Å²) in [4.78, 5) is 0. The summed E-state index contributed by atoms with van der Waals surface area (Å²) in [5.41, 5.74) is 1.47. The molecule has 0 heterocycles. The molecule has 118 valence electrons. The van der Waals surface area contributed by atoms with Gasteiger partial charge in [0.1, 0.15) is 5.75 Å². The molecule has 2 rings (SSSR count). The van der Waals surface area contributed by atoms with E-state index in [0.29, 0.717) is 6.10 Å². The van der Waals surface area contributed by atoms with E-state index >= 15 is 0 Å². The van der Waals surface area contributed by atoms with Gasteiger partial charge in [0.05, 0.1) is 6.10 Å². The third-order valence-electron chi connectivity index (χ3n) is 4.36. The first-order valence-corrected chi connectivity index (χ1v) is 8.47.